The van der Waals surface area contributed by atoms with Crippen molar-refractivity contribution >= 4 is 28.3 Å². The van der Waals surface area contributed by atoms with Gasteiger partial charge in [0.2, 0.25) is 5.91 Å². The summed E-state index contributed by atoms with van der Waals surface area (Å²) < 4.78 is 5.16. The van der Waals surface area contributed by atoms with Crippen molar-refractivity contribution in [2.75, 3.05) is 37.0 Å². The molecular formula is C19H22N4O3. The van der Waals surface area contributed by atoms with Gasteiger partial charge in [0.05, 0.1) is 38.1 Å². The molecule has 136 valence electrons. The fourth-order valence-electron chi connectivity index (χ4n) is 2.65. The largest absolute Gasteiger partial charge is 0.394 e. The SMILES string of the molecule is O=C(Cc1c[nH]c2ccccc12)Nc1ccc(NCCOCCO)nc1. The number of anilines is 2. The summed E-state index contributed by atoms with van der Waals surface area (Å²) in [4.78, 5) is 19.7. The topological polar surface area (TPSA) is 99.3 Å². The minimum atomic E-state index is -0.0883. The van der Waals surface area contributed by atoms with Crippen LogP contribution in [0.4, 0.5) is 11.5 Å². The Balaban J connectivity index is 1.50. The van der Waals surface area contributed by atoms with Crippen LogP contribution in [-0.4, -0.2) is 47.3 Å². The summed E-state index contributed by atoms with van der Waals surface area (Å²) in [7, 11) is 0. The van der Waals surface area contributed by atoms with E-state index in [0.717, 1.165) is 16.5 Å². The third-order valence-electron chi connectivity index (χ3n) is 3.86. The Morgan fingerprint density at radius 1 is 1.19 bits per heavy atom. The number of amides is 1. The van der Waals surface area contributed by atoms with Crippen molar-refractivity contribution in [2.45, 2.75) is 6.42 Å². The zero-order chi connectivity index (χ0) is 18.2. The van der Waals surface area contributed by atoms with E-state index in [-0.39, 0.29) is 12.5 Å². The molecule has 0 aliphatic carbocycles. The average Bonchev–Trinajstić information content (AvgIpc) is 3.06. The third-order valence-corrected chi connectivity index (χ3v) is 3.86. The van der Waals surface area contributed by atoms with Crippen LogP contribution in [0.5, 0.6) is 0 Å². The second-order valence-electron chi connectivity index (χ2n) is 5.78. The number of benzene rings is 1. The summed E-state index contributed by atoms with van der Waals surface area (Å²) in [5, 5.41) is 15.6. The Bertz CT molecular complexity index is 845. The first kappa shape index (κ1) is 17.9. The number of aromatic nitrogens is 2. The maximum absolute atomic E-state index is 12.3. The van der Waals surface area contributed by atoms with Gasteiger partial charge in [-0.15, -0.1) is 0 Å². The number of nitrogens with zero attached hydrogens (tertiary/aromatic N) is 1. The molecule has 0 fully saturated rings. The number of hydrogen-bond donors (Lipinski definition) is 4. The van der Waals surface area contributed by atoms with Gasteiger partial charge in [-0.05, 0) is 23.8 Å². The summed E-state index contributed by atoms with van der Waals surface area (Å²) in [5.41, 5.74) is 2.64. The lowest BCUT2D eigenvalue weighted by Gasteiger charge is -2.08. The van der Waals surface area contributed by atoms with Gasteiger partial charge in [-0.2, -0.15) is 0 Å². The summed E-state index contributed by atoms with van der Waals surface area (Å²) in [6.45, 7) is 1.44. The number of carbonyl (C=O) groups is 1. The Morgan fingerprint density at radius 2 is 2.08 bits per heavy atom. The molecule has 1 aromatic carbocycles. The van der Waals surface area contributed by atoms with Crippen LogP contribution in [-0.2, 0) is 16.0 Å². The molecule has 0 radical (unpaired) electrons. The number of fused-ring (bicyclic) bond motifs is 1. The fourth-order valence-corrected chi connectivity index (χ4v) is 2.65. The molecule has 0 bridgehead atoms. The van der Waals surface area contributed by atoms with E-state index in [1.807, 2.05) is 30.5 Å². The lowest BCUT2D eigenvalue weighted by Crippen LogP contribution is -2.15. The Morgan fingerprint density at radius 3 is 2.88 bits per heavy atom. The molecule has 1 amide bonds. The van der Waals surface area contributed by atoms with Crippen molar-refractivity contribution in [1.82, 2.24) is 9.97 Å². The molecule has 2 aromatic heterocycles. The molecule has 3 rings (SSSR count). The predicted molar refractivity (Wildman–Crippen MR) is 101 cm³/mol. The van der Waals surface area contributed by atoms with Gasteiger partial charge in [0.1, 0.15) is 5.82 Å². The number of H-pyrrole nitrogens is 1. The number of pyridine rings is 1. The standard InChI is InChI=1S/C19H22N4O3/c24-8-10-26-9-7-20-18-6-5-15(13-22-18)23-19(25)11-14-12-21-17-4-2-1-3-16(14)17/h1-6,12-13,21,24H,7-11H2,(H,20,22)(H,23,25). The second-order valence-corrected chi connectivity index (χ2v) is 5.78. The smallest absolute Gasteiger partial charge is 0.228 e. The minimum Gasteiger partial charge on any atom is -0.394 e. The molecule has 4 N–H and O–H groups in total. The van der Waals surface area contributed by atoms with Crippen molar-refractivity contribution in [3.8, 4) is 0 Å². The van der Waals surface area contributed by atoms with Crippen molar-refractivity contribution in [3.05, 3.63) is 54.4 Å². The Kier molecular flexibility index (Phi) is 6.19. The zero-order valence-electron chi connectivity index (χ0n) is 14.4. The van der Waals surface area contributed by atoms with E-state index in [1.54, 1.807) is 18.3 Å². The van der Waals surface area contributed by atoms with Crippen LogP contribution in [0.1, 0.15) is 5.56 Å². The molecule has 3 aromatic rings. The van der Waals surface area contributed by atoms with Crippen LogP contribution >= 0.6 is 0 Å². The number of rotatable bonds is 9. The number of aliphatic hydroxyl groups excluding tert-OH is 1. The first-order valence-electron chi connectivity index (χ1n) is 8.49. The van der Waals surface area contributed by atoms with Crippen molar-refractivity contribution in [3.63, 3.8) is 0 Å². The van der Waals surface area contributed by atoms with E-state index in [4.69, 9.17) is 9.84 Å². The second kappa shape index (κ2) is 8.98. The lowest BCUT2D eigenvalue weighted by molar-refractivity contribution is -0.115. The summed E-state index contributed by atoms with van der Waals surface area (Å²) in [5.74, 6) is 0.613. The van der Waals surface area contributed by atoms with E-state index in [0.29, 0.717) is 37.7 Å². The van der Waals surface area contributed by atoms with Gasteiger partial charge < -0.3 is 25.5 Å². The number of ether oxygens (including phenoxy) is 1. The van der Waals surface area contributed by atoms with Crippen LogP contribution < -0.4 is 10.6 Å². The highest BCUT2D eigenvalue weighted by atomic mass is 16.5. The van der Waals surface area contributed by atoms with Crippen LogP contribution in [0.25, 0.3) is 10.9 Å². The molecule has 0 saturated heterocycles. The van der Waals surface area contributed by atoms with E-state index < -0.39 is 0 Å². The number of hydrogen-bond acceptors (Lipinski definition) is 5. The first-order valence-corrected chi connectivity index (χ1v) is 8.49. The Hall–Kier alpha value is -2.90. The van der Waals surface area contributed by atoms with E-state index in [1.165, 1.54) is 0 Å². The van der Waals surface area contributed by atoms with Gasteiger partial charge in [0.25, 0.3) is 0 Å². The number of nitrogens with one attached hydrogen (secondary N) is 3. The highest BCUT2D eigenvalue weighted by Gasteiger charge is 2.09. The molecule has 7 nitrogen and oxygen atoms in total. The molecule has 2 heterocycles. The van der Waals surface area contributed by atoms with Gasteiger partial charge in [-0.3, -0.25) is 4.79 Å². The maximum Gasteiger partial charge on any atom is 0.228 e. The van der Waals surface area contributed by atoms with Crippen LogP contribution in [0.15, 0.2) is 48.8 Å². The van der Waals surface area contributed by atoms with Crippen molar-refractivity contribution in [1.29, 1.82) is 0 Å². The monoisotopic (exact) mass is 354 g/mol. The number of para-hydroxylation sites is 1. The molecule has 0 atom stereocenters. The summed E-state index contributed by atoms with van der Waals surface area (Å²) >= 11 is 0. The van der Waals surface area contributed by atoms with Crippen LogP contribution in [0.2, 0.25) is 0 Å². The van der Waals surface area contributed by atoms with Crippen molar-refractivity contribution < 1.29 is 14.6 Å². The highest BCUT2D eigenvalue weighted by molar-refractivity contribution is 5.95. The molecule has 0 aliphatic rings. The maximum atomic E-state index is 12.3. The number of aromatic amines is 1. The van der Waals surface area contributed by atoms with Gasteiger partial charge >= 0.3 is 0 Å². The van der Waals surface area contributed by atoms with E-state index in [2.05, 4.69) is 20.6 Å². The molecule has 0 unspecified atom stereocenters. The summed E-state index contributed by atoms with van der Waals surface area (Å²) in [6.07, 6.45) is 3.78. The highest BCUT2D eigenvalue weighted by Crippen LogP contribution is 2.18. The lowest BCUT2D eigenvalue weighted by atomic mass is 10.1. The minimum absolute atomic E-state index is 0.0190. The predicted octanol–water partition coefficient (Wildman–Crippen LogP) is 2.16. The van der Waals surface area contributed by atoms with E-state index in [9.17, 15) is 4.79 Å². The molecule has 26 heavy (non-hydrogen) atoms. The Labute approximate surface area is 151 Å². The van der Waals surface area contributed by atoms with Crippen LogP contribution in [0, 0.1) is 0 Å². The molecule has 7 heteroatoms. The molecule has 0 aliphatic heterocycles. The zero-order valence-corrected chi connectivity index (χ0v) is 14.4. The quantitative estimate of drug-likeness (QED) is 0.441. The summed E-state index contributed by atoms with van der Waals surface area (Å²) in [6, 6.07) is 11.5. The van der Waals surface area contributed by atoms with Crippen molar-refractivity contribution in [2.24, 2.45) is 0 Å². The van der Waals surface area contributed by atoms with Gasteiger partial charge in [0, 0.05) is 23.6 Å². The fraction of sp³-hybridized carbons (Fsp3) is 0.263. The molecule has 0 spiro atoms. The molecule has 0 saturated carbocycles. The van der Waals surface area contributed by atoms with Gasteiger partial charge in [-0.25, -0.2) is 4.98 Å². The molecular weight excluding hydrogens is 332 g/mol. The normalized spacial score (nSPS) is 10.8. The number of aliphatic hydroxyl groups is 1. The average molecular weight is 354 g/mol. The van der Waals surface area contributed by atoms with Crippen LogP contribution in [0.3, 0.4) is 0 Å². The number of carbonyl (C=O) groups excluding carboxylic acids is 1. The first-order chi connectivity index (χ1) is 12.8. The van der Waals surface area contributed by atoms with E-state index >= 15 is 0 Å². The third kappa shape index (κ3) is 4.81. The van der Waals surface area contributed by atoms with Gasteiger partial charge in [-0.1, -0.05) is 18.2 Å². The van der Waals surface area contributed by atoms with Gasteiger partial charge in [0.15, 0.2) is 0 Å².